The van der Waals surface area contributed by atoms with Crippen LogP contribution in [0.4, 0.5) is 4.39 Å². The summed E-state index contributed by atoms with van der Waals surface area (Å²) in [6, 6.07) is 15.7. The molecule has 3 aromatic rings. The first-order chi connectivity index (χ1) is 11.7. The molecule has 3 nitrogen and oxygen atoms in total. The van der Waals surface area contributed by atoms with Gasteiger partial charge in [-0.25, -0.2) is 14.2 Å². The molecule has 0 spiro atoms. The summed E-state index contributed by atoms with van der Waals surface area (Å²) in [5.74, 6) is -0.704. The van der Waals surface area contributed by atoms with E-state index in [1.54, 1.807) is 18.2 Å². The van der Waals surface area contributed by atoms with Crippen LogP contribution < -0.4 is 0 Å². The van der Waals surface area contributed by atoms with E-state index in [0.29, 0.717) is 5.69 Å². The average molecular weight is 339 g/mol. The Balaban J connectivity index is 1.56. The van der Waals surface area contributed by atoms with Gasteiger partial charge in [0.25, 0.3) is 0 Å². The fourth-order valence-electron chi connectivity index (χ4n) is 2.02. The molecule has 0 bridgehead atoms. The number of rotatable bonds is 5. The highest BCUT2D eigenvalue weighted by Crippen LogP contribution is 2.24. The molecule has 0 saturated carbocycles. The summed E-state index contributed by atoms with van der Waals surface area (Å²) in [7, 11) is 0. The van der Waals surface area contributed by atoms with E-state index in [0.717, 1.165) is 16.1 Å². The van der Waals surface area contributed by atoms with E-state index in [-0.39, 0.29) is 12.4 Å². The second-order valence-electron chi connectivity index (χ2n) is 5.00. The van der Waals surface area contributed by atoms with Gasteiger partial charge in [0, 0.05) is 17.0 Å². The lowest BCUT2D eigenvalue weighted by atomic mass is 10.2. The number of aromatic nitrogens is 1. The predicted octanol–water partition coefficient (Wildman–Crippen LogP) is 4.71. The van der Waals surface area contributed by atoms with Gasteiger partial charge in [-0.05, 0) is 35.9 Å². The largest absolute Gasteiger partial charge is 0.456 e. The zero-order chi connectivity index (χ0) is 16.8. The van der Waals surface area contributed by atoms with Crippen molar-refractivity contribution in [2.24, 2.45) is 0 Å². The molecular weight excluding hydrogens is 325 g/mol. The lowest BCUT2D eigenvalue weighted by Gasteiger charge is -1.99. The molecular formula is C19H14FNO2S. The van der Waals surface area contributed by atoms with Crippen molar-refractivity contribution in [1.82, 2.24) is 4.98 Å². The quantitative estimate of drug-likeness (QED) is 0.499. The minimum Gasteiger partial charge on any atom is -0.456 e. The zero-order valence-electron chi connectivity index (χ0n) is 12.7. The molecule has 120 valence electrons. The van der Waals surface area contributed by atoms with Crippen molar-refractivity contribution in [3.05, 3.63) is 83.1 Å². The predicted molar refractivity (Wildman–Crippen MR) is 92.8 cm³/mol. The first-order valence-corrected chi connectivity index (χ1v) is 8.19. The summed E-state index contributed by atoms with van der Waals surface area (Å²) >= 11 is 1.43. The van der Waals surface area contributed by atoms with Crippen molar-refractivity contribution < 1.29 is 13.9 Å². The van der Waals surface area contributed by atoms with Crippen LogP contribution in [0.15, 0.2) is 66.1 Å². The Morgan fingerprint density at radius 1 is 1.12 bits per heavy atom. The Bertz CT molecular complexity index is 841. The molecule has 24 heavy (non-hydrogen) atoms. The Hall–Kier alpha value is -2.79. The molecule has 0 radical (unpaired) electrons. The number of carbonyl (C=O) groups excluding carboxylic acids is 1. The van der Waals surface area contributed by atoms with Crippen LogP contribution in [0, 0.1) is 5.82 Å². The Kier molecular flexibility index (Phi) is 5.13. The maximum absolute atomic E-state index is 12.9. The first-order valence-electron chi connectivity index (χ1n) is 7.31. The Morgan fingerprint density at radius 2 is 1.88 bits per heavy atom. The number of nitrogens with zero attached hydrogens (tertiary/aromatic N) is 1. The summed E-state index contributed by atoms with van der Waals surface area (Å²) in [4.78, 5) is 16.1. The van der Waals surface area contributed by atoms with Crippen molar-refractivity contribution in [2.45, 2.75) is 6.61 Å². The van der Waals surface area contributed by atoms with Crippen LogP contribution >= 0.6 is 11.3 Å². The minimum absolute atomic E-state index is 0.107. The number of hydrogen-bond acceptors (Lipinski definition) is 4. The highest BCUT2D eigenvalue weighted by molar-refractivity contribution is 7.13. The van der Waals surface area contributed by atoms with Crippen molar-refractivity contribution >= 4 is 23.4 Å². The maximum atomic E-state index is 12.9. The smallest absolute Gasteiger partial charge is 0.331 e. The fraction of sp³-hybridized carbons (Fsp3) is 0.0526. The van der Waals surface area contributed by atoms with Crippen LogP contribution in [-0.4, -0.2) is 11.0 Å². The molecule has 0 saturated heterocycles. The highest BCUT2D eigenvalue weighted by atomic mass is 32.1. The number of thiazole rings is 1. The molecule has 0 unspecified atom stereocenters. The number of halogens is 1. The van der Waals surface area contributed by atoms with Gasteiger partial charge in [0.05, 0.1) is 5.69 Å². The third kappa shape index (κ3) is 4.36. The summed E-state index contributed by atoms with van der Waals surface area (Å²) in [5, 5.41) is 2.59. The summed E-state index contributed by atoms with van der Waals surface area (Å²) in [6.45, 7) is 0.107. The maximum Gasteiger partial charge on any atom is 0.331 e. The molecule has 5 heteroatoms. The van der Waals surface area contributed by atoms with Gasteiger partial charge in [0.1, 0.15) is 17.4 Å². The zero-order valence-corrected chi connectivity index (χ0v) is 13.5. The monoisotopic (exact) mass is 339 g/mol. The molecule has 1 heterocycles. The highest BCUT2D eigenvalue weighted by Gasteiger charge is 2.06. The number of benzene rings is 2. The van der Waals surface area contributed by atoms with Gasteiger partial charge < -0.3 is 4.74 Å². The lowest BCUT2D eigenvalue weighted by Crippen LogP contribution is -2.00. The molecule has 0 aliphatic heterocycles. The standard InChI is InChI=1S/C19H14FNO2S/c20-16-9-7-15(8-10-16)19-21-17(13-24-19)12-23-18(22)11-6-14-4-2-1-3-5-14/h1-11,13H,12H2. The van der Waals surface area contributed by atoms with E-state index < -0.39 is 5.97 Å². The van der Waals surface area contributed by atoms with E-state index in [1.165, 1.54) is 29.5 Å². The molecule has 0 fully saturated rings. The molecule has 2 aromatic carbocycles. The molecule has 0 aliphatic carbocycles. The summed E-state index contributed by atoms with van der Waals surface area (Å²) in [6.07, 6.45) is 3.09. The third-order valence-corrected chi connectivity index (χ3v) is 4.16. The van der Waals surface area contributed by atoms with E-state index >= 15 is 0 Å². The normalized spacial score (nSPS) is 10.9. The number of carbonyl (C=O) groups is 1. The number of ether oxygens (including phenoxy) is 1. The molecule has 0 amide bonds. The van der Waals surface area contributed by atoms with E-state index in [2.05, 4.69) is 4.98 Å². The Labute approximate surface area is 143 Å². The molecule has 1 aromatic heterocycles. The second-order valence-corrected chi connectivity index (χ2v) is 5.86. The van der Waals surface area contributed by atoms with Gasteiger partial charge >= 0.3 is 5.97 Å². The van der Waals surface area contributed by atoms with Crippen LogP contribution in [0.5, 0.6) is 0 Å². The Morgan fingerprint density at radius 3 is 2.62 bits per heavy atom. The second kappa shape index (κ2) is 7.66. The van der Waals surface area contributed by atoms with Crippen LogP contribution in [0.1, 0.15) is 11.3 Å². The van der Waals surface area contributed by atoms with Crippen molar-refractivity contribution in [3.63, 3.8) is 0 Å². The van der Waals surface area contributed by atoms with E-state index in [9.17, 15) is 9.18 Å². The van der Waals surface area contributed by atoms with Crippen LogP contribution in [0.2, 0.25) is 0 Å². The molecule has 0 atom stereocenters. The van der Waals surface area contributed by atoms with Crippen LogP contribution in [-0.2, 0) is 16.1 Å². The third-order valence-electron chi connectivity index (χ3n) is 3.22. The van der Waals surface area contributed by atoms with E-state index in [1.807, 2.05) is 35.7 Å². The van der Waals surface area contributed by atoms with E-state index in [4.69, 9.17) is 4.74 Å². The lowest BCUT2D eigenvalue weighted by molar-refractivity contribution is -0.139. The van der Waals surface area contributed by atoms with Gasteiger partial charge in [-0.1, -0.05) is 30.3 Å². The first kappa shape index (κ1) is 16.1. The summed E-state index contributed by atoms with van der Waals surface area (Å²) < 4.78 is 18.1. The van der Waals surface area contributed by atoms with Gasteiger partial charge in [0.2, 0.25) is 0 Å². The average Bonchev–Trinajstić information content (AvgIpc) is 3.09. The van der Waals surface area contributed by atoms with Crippen molar-refractivity contribution in [3.8, 4) is 10.6 Å². The number of esters is 1. The van der Waals surface area contributed by atoms with Gasteiger partial charge in [0.15, 0.2) is 0 Å². The minimum atomic E-state index is -0.421. The topological polar surface area (TPSA) is 39.2 Å². The van der Waals surface area contributed by atoms with Crippen LogP contribution in [0.3, 0.4) is 0 Å². The fourth-order valence-corrected chi connectivity index (χ4v) is 2.83. The van der Waals surface area contributed by atoms with Crippen molar-refractivity contribution in [2.75, 3.05) is 0 Å². The molecule has 3 rings (SSSR count). The SMILES string of the molecule is O=C(C=Cc1ccccc1)OCc1csc(-c2ccc(F)cc2)n1. The number of hydrogen-bond donors (Lipinski definition) is 0. The van der Waals surface area contributed by atoms with Gasteiger partial charge in [-0.3, -0.25) is 0 Å². The summed E-state index contributed by atoms with van der Waals surface area (Å²) in [5.41, 5.74) is 2.44. The molecule has 0 aliphatic rings. The van der Waals surface area contributed by atoms with Gasteiger partial charge in [-0.15, -0.1) is 11.3 Å². The molecule has 0 N–H and O–H groups in total. The van der Waals surface area contributed by atoms with Crippen molar-refractivity contribution in [1.29, 1.82) is 0 Å². The van der Waals surface area contributed by atoms with Crippen LogP contribution in [0.25, 0.3) is 16.6 Å². The van der Waals surface area contributed by atoms with Gasteiger partial charge in [-0.2, -0.15) is 0 Å².